The molecule has 0 bridgehead atoms. The number of hydrogen-bond acceptors (Lipinski definition) is 6. The highest BCUT2D eigenvalue weighted by Crippen LogP contribution is 2.40. The van der Waals surface area contributed by atoms with Crippen LogP contribution in [0, 0.1) is 0 Å². The number of furan rings is 1. The third-order valence-corrected chi connectivity index (χ3v) is 6.52. The summed E-state index contributed by atoms with van der Waals surface area (Å²) in [6.45, 7) is 0.237. The number of fused-ring (bicyclic) bond motifs is 1. The van der Waals surface area contributed by atoms with Gasteiger partial charge in [-0.2, -0.15) is 0 Å². The van der Waals surface area contributed by atoms with E-state index in [2.05, 4.69) is 0 Å². The van der Waals surface area contributed by atoms with E-state index in [9.17, 15) is 19.8 Å². The molecule has 182 valence electrons. The van der Waals surface area contributed by atoms with Crippen molar-refractivity contribution in [3.05, 3.63) is 106 Å². The summed E-state index contributed by atoms with van der Waals surface area (Å²) in [5.74, 6) is -1.40. The average Bonchev–Trinajstić information content (AvgIpc) is 3.43. The lowest BCUT2D eigenvalue weighted by Gasteiger charge is -2.26. The zero-order valence-electron chi connectivity index (χ0n) is 19.3. The molecule has 0 aliphatic carbocycles. The van der Waals surface area contributed by atoms with Crippen LogP contribution in [0.3, 0.4) is 0 Å². The van der Waals surface area contributed by atoms with E-state index in [-0.39, 0.29) is 23.6 Å². The number of ketones is 1. The SMILES string of the molecule is COc1cccc2cc(C(=O)C3=C(O)C(=O)N(CCc4ccc(Cl)cc4)C3c3ccc(O)cc3)oc12. The fourth-order valence-corrected chi connectivity index (χ4v) is 4.59. The van der Waals surface area contributed by atoms with Crippen LogP contribution < -0.4 is 4.74 Å². The number of aromatic hydroxyl groups is 1. The second-order valence-corrected chi connectivity index (χ2v) is 8.89. The molecule has 2 N–H and O–H groups in total. The number of aliphatic hydroxyl groups is 1. The summed E-state index contributed by atoms with van der Waals surface area (Å²) < 4.78 is 11.1. The molecule has 5 rings (SSSR count). The van der Waals surface area contributed by atoms with Crippen molar-refractivity contribution >= 4 is 34.3 Å². The Labute approximate surface area is 211 Å². The summed E-state index contributed by atoms with van der Waals surface area (Å²) in [4.78, 5) is 28.3. The third-order valence-electron chi connectivity index (χ3n) is 6.26. The van der Waals surface area contributed by atoms with Crippen molar-refractivity contribution in [2.45, 2.75) is 12.5 Å². The number of ether oxygens (including phenoxy) is 1. The first-order chi connectivity index (χ1) is 17.4. The molecule has 1 amide bonds. The first-order valence-electron chi connectivity index (χ1n) is 11.3. The van der Waals surface area contributed by atoms with Gasteiger partial charge in [0, 0.05) is 17.0 Å². The van der Waals surface area contributed by atoms with Gasteiger partial charge in [0.25, 0.3) is 5.91 Å². The van der Waals surface area contributed by atoms with Gasteiger partial charge in [0.15, 0.2) is 22.9 Å². The van der Waals surface area contributed by atoms with Gasteiger partial charge in [-0.15, -0.1) is 0 Å². The molecule has 1 aliphatic rings. The Balaban J connectivity index is 1.54. The van der Waals surface area contributed by atoms with Crippen molar-refractivity contribution in [2.75, 3.05) is 13.7 Å². The summed E-state index contributed by atoms with van der Waals surface area (Å²) in [5, 5.41) is 21.9. The monoisotopic (exact) mass is 503 g/mol. The normalized spacial score (nSPS) is 15.7. The van der Waals surface area contributed by atoms with Crippen LogP contribution in [0.2, 0.25) is 5.02 Å². The number of para-hydroxylation sites is 1. The number of amides is 1. The number of nitrogens with zero attached hydrogens (tertiary/aromatic N) is 1. The van der Waals surface area contributed by atoms with Gasteiger partial charge in [-0.3, -0.25) is 9.59 Å². The smallest absolute Gasteiger partial charge is 0.290 e. The highest BCUT2D eigenvalue weighted by molar-refractivity contribution is 6.30. The van der Waals surface area contributed by atoms with Gasteiger partial charge in [0.05, 0.1) is 18.7 Å². The van der Waals surface area contributed by atoms with Crippen LogP contribution in [0.1, 0.15) is 27.7 Å². The van der Waals surface area contributed by atoms with Crippen molar-refractivity contribution < 1.29 is 29.0 Å². The van der Waals surface area contributed by atoms with Crippen LogP contribution in [-0.4, -0.2) is 40.5 Å². The van der Waals surface area contributed by atoms with E-state index in [4.69, 9.17) is 20.8 Å². The topological polar surface area (TPSA) is 100 Å². The molecule has 0 saturated carbocycles. The second-order valence-electron chi connectivity index (χ2n) is 8.45. The lowest BCUT2D eigenvalue weighted by molar-refractivity contribution is -0.129. The van der Waals surface area contributed by atoms with E-state index in [1.807, 2.05) is 12.1 Å². The zero-order chi connectivity index (χ0) is 25.4. The minimum Gasteiger partial charge on any atom is -0.508 e. The maximum atomic E-state index is 13.7. The molecule has 36 heavy (non-hydrogen) atoms. The molecule has 8 heteroatoms. The predicted octanol–water partition coefficient (Wildman–Crippen LogP) is 5.62. The maximum Gasteiger partial charge on any atom is 0.290 e. The summed E-state index contributed by atoms with van der Waals surface area (Å²) in [5.41, 5.74) is 1.83. The molecule has 3 aromatic carbocycles. The lowest BCUT2D eigenvalue weighted by Crippen LogP contribution is -2.33. The van der Waals surface area contributed by atoms with Crippen molar-refractivity contribution in [3.8, 4) is 11.5 Å². The first kappa shape index (κ1) is 23.5. The fraction of sp³-hybridized carbons (Fsp3) is 0.143. The molecule has 4 aromatic rings. The molecule has 0 spiro atoms. The quantitative estimate of drug-likeness (QED) is 0.317. The predicted molar refractivity (Wildman–Crippen MR) is 134 cm³/mol. The summed E-state index contributed by atoms with van der Waals surface area (Å²) >= 11 is 5.98. The minimum absolute atomic E-state index is 0.0211. The molecule has 1 aromatic heterocycles. The Bertz CT molecular complexity index is 1490. The summed E-state index contributed by atoms with van der Waals surface area (Å²) in [6, 6.07) is 19.4. The summed E-state index contributed by atoms with van der Waals surface area (Å²) in [6.07, 6.45) is 0.480. The number of aliphatic hydroxyl groups excluding tert-OH is 1. The molecule has 0 radical (unpaired) electrons. The van der Waals surface area contributed by atoms with E-state index in [1.54, 1.807) is 48.5 Å². The average molecular weight is 504 g/mol. The number of rotatable bonds is 7. The number of phenols is 1. The number of carbonyl (C=O) groups excluding carboxylic acids is 2. The van der Waals surface area contributed by atoms with Crippen molar-refractivity contribution in [3.63, 3.8) is 0 Å². The van der Waals surface area contributed by atoms with E-state index < -0.39 is 23.5 Å². The molecule has 1 atom stereocenters. The maximum absolute atomic E-state index is 13.7. The minimum atomic E-state index is -0.868. The van der Waals surface area contributed by atoms with E-state index in [0.717, 1.165) is 5.56 Å². The standard InChI is InChI=1S/C28H22ClNO6/c1-35-21-4-2-3-18-15-22(36-27(18)21)25(32)23-24(17-7-11-20(31)12-8-17)30(28(34)26(23)33)14-13-16-5-9-19(29)10-6-16/h2-12,15,24,31,33H,13-14H2,1H3. The molecular formula is C28H22ClNO6. The molecule has 0 saturated heterocycles. The van der Waals surface area contributed by atoms with Crippen LogP contribution in [0.15, 0.2) is 88.5 Å². The Morgan fingerprint density at radius 3 is 2.47 bits per heavy atom. The molecular weight excluding hydrogens is 482 g/mol. The van der Waals surface area contributed by atoms with Gasteiger partial charge in [0.2, 0.25) is 5.78 Å². The van der Waals surface area contributed by atoms with Crippen molar-refractivity contribution in [1.82, 2.24) is 4.90 Å². The third kappa shape index (κ3) is 4.18. The van der Waals surface area contributed by atoms with Crippen LogP contribution >= 0.6 is 11.6 Å². The highest BCUT2D eigenvalue weighted by atomic mass is 35.5. The Hall–Kier alpha value is -4.23. The van der Waals surface area contributed by atoms with Crippen LogP contribution in [-0.2, 0) is 11.2 Å². The van der Waals surface area contributed by atoms with Crippen molar-refractivity contribution in [1.29, 1.82) is 0 Å². The lowest BCUT2D eigenvalue weighted by atomic mass is 9.94. The molecule has 1 unspecified atom stereocenters. The molecule has 2 heterocycles. The van der Waals surface area contributed by atoms with Gasteiger partial charge >= 0.3 is 0 Å². The van der Waals surface area contributed by atoms with Crippen LogP contribution in [0.25, 0.3) is 11.0 Å². The first-order valence-corrected chi connectivity index (χ1v) is 11.6. The molecule has 0 fully saturated rings. The van der Waals surface area contributed by atoms with E-state index >= 15 is 0 Å². The number of methoxy groups -OCH3 is 1. The number of phenolic OH excluding ortho intramolecular Hbond substituents is 1. The molecule has 1 aliphatic heterocycles. The van der Waals surface area contributed by atoms with Crippen molar-refractivity contribution in [2.24, 2.45) is 0 Å². The second kappa shape index (κ2) is 9.43. The Morgan fingerprint density at radius 2 is 1.78 bits per heavy atom. The number of halogens is 1. The zero-order valence-corrected chi connectivity index (χ0v) is 20.0. The van der Waals surface area contributed by atoms with Gasteiger partial charge < -0.3 is 24.3 Å². The van der Waals surface area contributed by atoms with Gasteiger partial charge in [0.1, 0.15) is 5.75 Å². The number of Topliss-reactive ketones (excluding diaryl/α,β-unsaturated/α-hetero) is 1. The molecule has 7 nitrogen and oxygen atoms in total. The fourth-order valence-electron chi connectivity index (χ4n) is 4.46. The Kier molecular flexibility index (Phi) is 6.16. The Morgan fingerprint density at radius 1 is 1.06 bits per heavy atom. The van der Waals surface area contributed by atoms with E-state index in [1.165, 1.54) is 24.1 Å². The summed E-state index contributed by atoms with van der Waals surface area (Å²) in [7, 11) is 1.50. The van der Waals surface area contributed by atoms with Gasteiger partial charge in [-0.05, 0) is 53.9 Å². The number of benzene rings is 3. The number of hydrogen-bond donors (Lipinski definition) is 2. The highest BCUT2D eigenvalue weighted by Gasteiger charge is 2.44. The van der Waals surface area contributed by atoms with Crippen LogP contribution in [0.4, 0.5) is 0 Å². The number of carbonyl (C=O) groups is 2. The van der Waals surface area contributed by atoms with Gasteiger partial charge in [-0.1, -0.05) is 48.0 Å². The largest absolute Gasteiger partial charge is 0.508 e. The van der Waals surface area contributed by atoms with E-state index in [0.29, 0.717) is 33.7 Å². The van der Waals surface area contributed by atoms with Crippen LogP contribution in [0.5, 0.6) is 11.5 Å². The van der Waals surface area contributed by atoms with Gasteiger partial charge in [-0.25, -0.2) is 0 Å².